The first-order chi connectivity index (χ1) is 11.5. The van der Waals surface area contributed by atoms with E-state index in [1.165, 1.54) is 12.0 Å². The molecule has 4 aliphatic carbocycles. The third kappa shape index (κ3) is 1.91. The summed E-state index contributed by atoms with van der Waals surface area (Å²) in [4.78, 5) is 11.8. The van der Waals surface area contributed by atoms with Gasteiger partial charge in [0.15, 0.2) is 5.78 Å². The van der Waals surface area contributed by atoms with Crippen molar-refractivity contribution >= 4 is 5.78 Å². The van der Waals surface area contributed by atoms with Gasteiger partial charge in [0.2, 0.25) is 0 Å². The van der Waals surface area contributed by atoms with Crippen LogP contribution in [0.4, 0.5) is 0 Å². The summed E-state index contributed by atoms with van der Waals surface area (Å²) < 4.78 is 0. The number of allylic oxidation sites excluding steroid dienone is 1. The van der Waals surface area contributed by atoms with E-state index in [2.05, 4.69) is 19.8 Å². The first-order valence-electron chi connectivity index (χ1n) is 9.90. The highest BCUT2D eigenvalue weighted by Gasteiger charge is 2.66. The van der Waals surface area contributed by atoms with Crippen molar-refractivity contribution in [2.24, 2.45) is 35.0 Å². The lowest BCUT2D eigenvalue weighted by atomic mass is 9.46. The number of fused-ring (bicyclic) bond motifs is 5. The number of carbonyl (C=O) groups excluding carboxylic acids is 1. The van der Waals surface area contributed by atoms with Gasteiger partial charge in [-0.25, -0.2) is 0 Å². The normalized spacial score (nSPS) is 50.3. The second-order valence-electron chi connectivity index (χ2n) is 8.88. The molecule has 2 nitrogen and oxygen atoms in total. The molecule has 2 heteroatoms. The van der Waals surface area contributed by atoms with Crippen LogP contribution >= 0.6 is 0 Å². The summed E-state index contributed by atoms with van der Waals surface area (Å²) in [7, 11) is 0. The Balaban J connectivity index is 1.72. The summed E-state index contributed by atoms with van der Waals surface area (Å²) in [6.07, 6.45) is 15.8. The zero-order valence-electron chi connectivity index (χ0n) is 15.1. The van der Waals surface area contributed by atoms with Crippen molar-refractivity contribution in [3.63, 3.8) is 0 Å². The van der Waals surface area contributed by atoms with Crippen molar-refractivity contribution in [2.45, 2.75) is 70.8 Å². The smallest absolute Gasteiger partial charge is 0.155 e. The van der Waals surface area contributed by atoms with E-state index in [9.17, 15) is 9.90 Å². The number of hydrogen-bond acceptors (Lipinski definition) is 2. The number of rotatable bonds is 1. The lowest BCUT2D eigenvalue weighted by molar-refractivity contribution is -0.135. The van der Waals surface area contributed by atoms with Crippen molar-refractivity contribution in [3.05, 3.63) is 11.6 Å². The van der Waals surface area contributed by atoms with E-state index in [4.69, 9.17) is 6.42 Å². The third-order valence-corrected chi connectivity index (χ3v) is 8.45. The maximum absolute atomic E-state index is 11.8. The largest absolute Gasteiger partial charge is 0.377 e. The van der Waals surface area contributed by atoms with E-state index in [-0.39, 0.29) is 5.41 Å². The Morgan fingerprint density at radius 1 is 1.29 bits per heavy atom. The van der Waals surface area contributed by atoms with Crippen LogP contribution in [0.3, 0.4) is 0 Å². The molecule has 4 rings (SSSR count). The minimum absolute atomic E-state index is 0.103. The third-order valence-electron chi connectivity index (χ3n) is 8.45. The zero-order chi connectivity index (χ0) is 17.1. The van der Waals surface area contributed by atoms with Crippen LogP contribution in [0.15, 0.2) is 11.6 Å². The van der Waals surface area contributed by atoms with Crippen LogP contribution in [0.1, 0.15) is 65.2 Å². The highest BCUT2D eigenvalue weighted by Crippen LogP contribution is 2.67. The van der Waals surface area contributed by atoms with E-state index < -0.39 is 5.60 Å². The fourth-order valence-corrected chi connectivity index (χ4v) is 7.56. The predicted octanol–water partition coefficient (Wildman–Crippen LogP) is 4.13. The number of aliphatic hydroxyl groups is 1. The Labute approximate surface area is 146 Å². The van der Waals surface area contributed by atoms with Crippen molar-refractivity contribution in [2.75, 3.05) is 0 Å². The van der Waals surface area contributed by atoms with E-state index in [1.807, 2.05) is 6.08 Å². The lowest BCUT2D eigenvalue weighted by Crippen LogP contribution is -2.57. The Hall–Kier alpha value is -1.07. The Morgan fingerprint density at radius 3 is 2.79 bits per heavy atom. The highest BCUT2D eigenvalue weighted by molar-refractivity contribution is 5.91. The SMILES string of the molecule is C#C[C@]1(O)CC[C@H]2[C@@H]3CCC4=CC(=O)CC[C@@H]4[C@H]3C[C@@H](C)[C@@]21CC. The highest BCUT2D eigenvalue weighted by atomic mass is 16.3. The van der Waals surface area contributed by atoms with E-state index in [0.29, 0.717) is 35.4 Å². The van der Waals surface area contributed by atoms with Gasteiger partial charge in [0.25, 0.3) is 0 Å². The Kier molecular flexibility index (Phi) is 3.73. The molecule has 0 aromatic carbocycles. The second kappa shape index (κ2) is 5.46. The number of carbonyl (C=O) groups is 1. The van der Waals surface area contributed by atoms with Gasteiger partial charge in [0.05, 0.1) is 0 Å². The molecular weight excluding hydrogens is 296 g/mol. The molecule has 0 saturated heterocycles. The van der Waals surface area contributed by atoms with Crippen LogP contribution in [0.5, 0.6) is 0 Å². The average Bonchev–Trinajstić information content (AvgIpc) is 2.89. The van der Waals surface area contributed by atoms with Gasteiger partial charge in [-0.1, -0.05) is 25.3 Å². The molecule has 3 fully saturated rings. The molecule has 24 heavy (non-hydrogen) atoms. The molecule has 0 aromatic rings. The van der Waals surface area contributed by atoms with Gasteiger partial charge in [-0.2, -0.15) is 0 Å². The number of ketones is 1. The Bertz CT molecular complexity index is 626. The number of hydrogen-bond donors (Lipinski definition) is 1. The minimum Gasteiger partial charge on any atom is -0.377 e. The quantitative estimate of drug-likeness (QED) is 0.736. The molecule has 4 aliphatic rings. The van der Waals surface area contributed by atoms with Crippen LogP contribution in [0.2, 0.25) is 0 Å². The summed E-state index contributed by atoms with van der Waals surface area (Å²) in [6, 6.07) is 0. The molecule has 0 aliphatic heterocycles. The molecule has 0 spiro atoms. The maximum Gasteiger partial charge on any atom is 0.155 e. The summed E-state index contributed by atoms with van der Waals surface area (Å²) in [5.41, 5.74) is 0.401. The van der Waals surface area contributed by atoms with E-state index in [1.54, 1.807) is 0 Å². The fourth-order valence-electron chi connectivity index (χ4n) is 7.56. The van der Waals surface area contributed by atoms with Crippen LogP contribution in [-0.2, 0) is 4.79 Å². The summed E-state index contributed by atoms with van der Waals surface area (Å²) in [5.74, 6) is 6.13. The second-order valence-corrected chi connectivity index (χ2v) is 8.88. The lowest BCUT2D eigenvalue weighted by Gasteiger charge is -2.59. The molecule has 7 atom stereocenters. The van der Waals surface area contributed by atoms with Gasteiger partial charge in [-0.3, -0.25) is 4.79 Å². The first-order valence-corrected chi connectivity index (χ1v) is 9.90. The first kappa shape index (κ1) is 16.4. The summed E-state index contributed by atoms with van der Waals surface area (Å²) in [5, 5.41) is 11.3. The summed E-state index contributed by atoms with van der Waals surface area (Å²) >= 11 is 0. The zero-order valence-corrected chi connectivity index (χ0v) is 15.1. The fraction of sp³-hybridized carbons (Fsp3) is 0.773. The standard InChI is InChI=1S/C22H30O2/c1-4-21(24)11-10-20-18-8-6-15-13-16(23)7-9-17(15)19(18)12-14(3)22(20,21)5-2/h1,13-14,17-20,24H,5-12H2,2-3H3/t14-,17+,18-,19-,20+,21+,22+/m1/s1. The van der Waals surface area contributed by atoms with E-state index >= 15 is 0 Å². The summed E-state index contributed by atoms with van der Waals surface area (Å²) in [6.45, 7) is 4.55. The van der Waals surface area contributed by atoms with Gasteiger partial charge in [0, 0.05) is 11.8 Å². The van der Waals surface area contributed by atoms with Crippen molar-refractivity contribution in [1.82, 2.24) is 0 Å². The molecule has 1 N–H and O–H groups in total. The maximum atomic E-state index is 11.8. The molecule has 0 radical (unpaired) electrons. The van der Waals surface area contributed by atoms with Crippen molar-refractivity contribution in [1.29, 1.82) is 0 Å². The molecule has 3 saturated carbocycles. The van der Waals surface area contributed by atoms with Crippen LogP contribution in [-0.4, -0.2) is 16.5 Å². The predicted molar refractivity (Wildman–Crippen MR) is 95.0 cm³/mol. The van der Waals surface area contributed by atoms with Gasteiger partial charge >= 0.3 is 0 Å². The van der Waals surface area contributed by atoms with E-state index in [0.717, 1.165) is 44.9 Å². The molecule has 0 unspecified atom stereocenters. The van der Waals surface area contributed by atoms with Crippen LogP contribution < -0.4 is 0 Å². The molecule has 0 aromatic heterocycles. The minimum atomic E-state index is -0.921. The molecule has 0 bridgehead atoms. The topological polar surface area (TPSA) is 37.3 Å². The van der Waals surface area contributed by atoms with Gasteiger partial charge < -0.3 is 5.11 Å². The molecule has 0 amide bonds. The van der Waals surface area contributed by atoms with Gasteiger partial charge in [-0.15, -0.1) is 6.42 Å². The molecule has 130 valence electrons. The monoisotopic (exact) mass is 326 g/mol. The number of terminal acetylenes is 1. The van der Waals surface area contributed by atoms with Crippen molar-refractivity contribution in [3.8, 4) is 12.3 Å². The van der Waals surface area contributed by atoms with Gasteiger partial charge in [0.1, 0.15) is 5.60 Å². The van der Waals surface area contributed by atoms with Crippen LogP contribution in [0.25, 0.3) is 0 Å². The van der Waals surface area contributed by atoms with Crippen LogP contribution in [0, 0.1) is 47.3 Å². The van der Waals surface area contributed by atoms with Gasteiger partial charge in [-0.05, 0) is 80.6 Å². The Morgan fingerprint density at radius 2 is 2.08 bits per heavy atom. The van der Waals surface area contributed by atoms with Crippen molar-refractivity contribution < 1.29 is 9.90 Å². The average molecular weight is 326 g/mol. The molecule has 0 heterocycles. The molecular formula is C22H30O2.